The van der Waals surface area contributed by atoms with Crippen molar-refractivity contribution in [1.29, 1.82) is 0 Å². The van der Waals surface area contributed by atoms with Gasteiger partial charge in [0.15, 0.2) is 0 Å². The lowest BCUT2D eigenvalue weighted by molar-refractivity contribution is 0.0912. The van der Waals surface area contributed by atoms with Gasteiger partial charge >= 0.3 is 0 Å². The Hall–Kier alpha value is -1.62. The Bertz CT molecular complexity index is 650. The minimum Gasteiger partial charge on any atom is -0.388 e. The first-order valence-corrected chi connectivity index (χ1v) is 7.59. The van der Waals surface area contributed by atoms with Crippen LogP contribution in [0.25, 0.3) is 0 Å². The molecule has 2 N–H and O–H groups in total. The van der Waals surface area contributed by atoms with Gasteiger partial charge in [-0.15, -0.1) is 0 Å². The maximum atomic E-state index is 12.1. The number of aromatic nitrogens is 1. The van der Waals surface area contributed by atoms with E-state index in [1.54, 1.807) is 0 Å². The number of halogens is 2. The number of nitrogens with one attached hydrogen (secondary N) is 1. The largest absolute Gasteiger partial charge is 0.388 e. The van der Waals surface area contributed by atoms with Crippen LogP contribution in [0.5, 0.6) is 0 Å². The molecule has 0 aliphatic heterocycles. The molecule has 0 fully saturated rings. The molecule has 1 aromatic carbocycles. The van der Waals surface area contributed by atoms with Gasteiger partial charge in [-0.1, -0.05) is 53.5 Å². The van der Waals surface area contributed by atoms with E-state index in [0.29, 0.717) is 6.42 Å². The molecule has 1 aromatic heterocycles. The van der Waals surface area contributed by atoms with Gasteiger partial charge in [-0.2, -0.15) is 0 Å². The van der Waals surface area contributed by atoms with Crippen LogP contribution < -0.4 is 5.32 Å². The number of aliphatic hydroxyl groups excluding tert-OH is 1. The van der Waals surface area contributed by atoms with Crippen molar-refractivity contribution >= 4 is 29.1 Å². The maximum Gasteiger partial charge on any atom is 0.271 e. The highest BCUT2D eigenvalue weighted by molar-refractivity contribution is 6.34. The monoisotopic (exact) mass is 338 g/mol. The van der Waals surface area contributed by atoms with E-state index in [-0.39, 0.29) is 21.9 Å². The van der Waals surface area contributed by atoms with Crippen molar-refractivity contribution < 1.29 is 9.90 Å². The molecule has 4 nitrogen and oxygen atoms in total. The Morgan fingerprint density at radius 3 is 2.59 bits per heavy atom. The molecule has 2 rings (SSSR count). The molecule has 0 saturated heterocycles. The van der Waals surface area contributed by atoms with Crippen molar-refractivity contribution in [1.82, 2.24) is 10.3 Å². The Morgan fingerprint density at radius 2 is 1.91 bits per heavy atom. The van der Waals surface area contributed by atoms with Crippen LogP contribution in [0.2, 0.25) is 10.2 Å². The highest BCUT2D eigenvalue weighted by Gasteiger charge is 2.18. The molecule has 0 spiro atoms. The quantitative estimate of drug-likeness (QED) is 0.818. The molecule has 6 heteroatoms. The number of hydrogen-bond acceptors (Lipinski definition) is 3. The average Bonchev–Trinajstić information content (AvgIpc) is 2.50. The molecule has 2 unspecified atom stereocenters. The smallest absolute Gasteiger partial charge is 0.271 e. The van der Waals surface area contributed by atoms with E-state index in [9.17, 15) is 9.90 Å². The van der Waals surface area contributed by atoms with E-state index in [2.05, 4.69) is 10.3 Å². The lowest BCUT2D eigenvalue weighted by Gasteiger charge is -2.18. The summed E-state index contributed by atoms with van der Waals surface area (Å²) in [7, 11) is 0. The van der Waals surface area contributed by atoms with Crippen molar-refractivity contribution in [3.8, 4) is 0 Å². The number of amides is 1. The number of benzene rings is 1. The SMILES string of the molecule is CC(CC(O)c1ccccc1)NC(=O)c1nc(Cl)ccc1Cl. The van der Waals surface area contributed by atoms with E-state index in [1.165, 1.54) is 12.1 Å². The molecule has 0 bridgehead atoms. The van der Waals surface area contributed by atoms with Gasteiger partial charge in [-0.05, 0) is 31.0 Å². The van der Waals surface area contributed by atoms with Crippen LogP contribution in [0.1, 0.15) is 35.5 Å². The third kappa shape index (κ3) is 4.44. The Morgan fingerprint density at radius 1 is 1.23 bits per heavy atom. The second-order valence-corrected chi connectivity index (χ2v) is 5.80. The van der Waals surface area contributed by atoms with Gasteiger partial charge in [-0.25, -0.2) is 4.98 Å². The van der Waals surface area contributed by atoms with Crippen molar-refractivity contribution in [3.63, 3.8) is 0 Å². The Balaban J connectivity index is 1.98. The van der Waals surface area contributed by atoms with Crippen molar-refractivity contribution in [2.45, 2.75) is 25.5 Å². The number of hydrogen-bond donors (Lipinski definition) is 2. The zero-order valence-electron chi connectivity index (χ0n) is 12.0. The van der Waals surface area contributed by atoms with Crippen LogP contribution in [0.3, 0.4) is 0 Å². The van der Waals surface area contributed by atoms with E-state index in [4.69, 9.17) is 23.2 Å². The first-order chi connectivity index (χ1) is 10.5. The molecule has 2 aromatic rings. The van der Waals surface area contributed by atoms with Crippen molar-refractivity contribution in [2.24, 2.45) is 0 Å². The van der Waals surface area contributed by atoms with Crippen LogP contribution in [0.15, 0.2) is 42.5 Å². The number of rotatable bonds is 5. The van der Waals surface area contributed by atoms with E-state index >= 15 is 0 Å². The topological polar surface area (TPSA) is 62.2 Å². The Labute approximate surface area is 139 Å². The minimum atomic E-state index is -0.653. The number of carbonyl (C=O) groups is 1. The van der Waals surface area contributed by atoms with E-state index in [1.807, 2.05) is 37.3 Å². The van der Waals surface area contributed by atoms with Gasteiger partial charge in [0.2, 0.25) is 0 Å². The van der Waals surface area contributed by atoms with Crippen molar-refractivity contribution in [2.75, 3.05) is 0 Å². The summed E-state index contributed by atoms with van der Waals surface area (Å²) in [4.78, 5) is 16.1. The van der Waals surface area contributed by atoms with Crippen LogP contribution in [-0.2, 0) is 0 Å². The fourth-order valence-electron chi connectivity index (χ4n) is 2.07. The first-order valence-electron chi connectivity index (χ1n) is 6.83. The van der Waals surface area contributed by atoms with Gasteiger partial charge in [0.1, 0.15) is 10.8 Å². The third-order valence-electron chi connectivity index (χ3n) is 3.17. The molecular weight excluding hydrogens is 323 g/mol. The summed E-state index contributed by atoms with van der Waals surface area (Å²) < 4.78 is 0. The number of pyridine rings is 1. The zero-order valence-corrected chi connectivity index (χ0v) is 13.5. The van der Waals surface area contributed by atoms with Crippen LogP contribution >= 0.6 is 23.2 Å². The average molecular weight is 339 g/mol. The van der Waals surface area contributed by atoms with Crippen molar-refractivity contribution in [3.05, 3.63) is 63.9 Å². The first kappa shape index (κ1) is 16.7. The summed E-state index contributed by atoms with van der Waals surface area (Å²) in [6, 6.07) is 12.1. The predicted molar refractivity (Wildman–Crippen MR) is 87.2 cm³/mol. The summed E-state index contributed by atoms with van der Waals surface area (Å²) in [5, 5.41) is 13.4. The maximum absolute atomic E-state index is 12.1. The van der Waals surface area contributed by atoms with Crippen LogP contribution in [-0.4, -0.2) is 22.0 Å². The van der Waals surface area contributed by atoms with Crippen LogP contribution in [0, 0.1) is 0 Å². The predicted octanol–water partition coefficient (Wildman–Crippen LogP) is 3.63. The van der Waals surface area contributed by atoms with Gasteiger partial charge in [0, 0.05) is 6.04 Å². The van der Waals surface area contributed by atoms with E-state index < -0.39 is 12.0 Å². The summed E-state index contributed by atoms with van der Waals surface area (Å²) >= 11 is 11.7. The fourth-order valence-corrected chi connectivity index (χ4v) is 2.41. The molecule has 22 heavy (non-hydrogen) atoms. The van der Waals surface area contributed by atoms with Gasteiger partial charge in [0.05, 0.1) is 11.1 Å². The second-order valence-electron chi connectivity index (χ2n) is 5.00. The lowest BCUT2D eigenvalue weighted by Crippen LogP contribution is -2.34. The lowest BCUT2D eigenvalue weighted by atomic mass is 10.0. The number of aliphatic hydroxyl groups is 1. The number of carbonyl (C=O) groups excluding carboxylic acids is 1. The highest BCUT2D eigenvalue weighted by atomic mass is 35.5. The molecule has 2 atom stereocenters. The van der Waals surface area contributed by atoms with Crippen LogP contribution in [0.4, 0.5) is 0 Å². The molecule has 0 aliphatic rings. The van der Waals surface area contributed by atoms with Gasteiger partial charge < -0.3 is 10.4 Å². The molecule has 116 valence electrons. The van der Waals surface area contributed by atoms with Gasteiger partial charge in [0.25, 0.3) is 5.91 Å². The minimum absolute atomic E-state index is 0.0789. The normalized spacial score (nSPS) is 13.5. The molecule has 1 amide bonds. The Kier molecular flexibility index (Phi) is 5.77. The highest BCUT2D eigenvalue weighted by Crippen LogP contribution is 2.19. The zero-order chi connectivity index (χ0) is 16.1. The van der Waals surface area contributed by atoms with E-state index in [0.717, 1.165) is 5.56 Å². The number of nitrogens with zero attached hydrogens (tertiary/aromatic N) is 1. The molecule has 0 radical (unpaired) electrons. The molecule has 0 aliphatic carbocycles. The third-order valence-corrected chi connectivity index (χ3v) is 3.68. The summed E-state index contributed by atoms with van der Waals surface area (Å²) in [5.74, 6) is -0.416. The second kappa shape index (κ2) is 7.58. The standard InChI is InChI=1S/C16H16Cl2N2O2/c1-10(9-13(21)11-5-3-2-4-6-11)19-16(22)15-12(17)7-8-14(18)20-15/h2-8,10,13,21H,9H2,1H3,(H,19,22). The summed E-state index contributed by atoms with van der Waals surface area (Å²) in [5.41, 5.74) is 0.887. The molecule has 1 heterocycles. The van der Waals surface area contributed by atoms with Gasteiger partial charge in [-0.3, -0.25) is 4.79 Å². The fraction of sp³-hybridized carbons (Fsp3) is 0.250. The molecular formula is C16H16Cl2N2O2. The summed E-state index contributed by atoms with van der Waals surface area (Å²) in [6.45, 7) is 1.81. The molecule has 0 saturated carbocycles. The summed E-state index contributed by atoms with van der Waals surface area (Å²) in [6.07, 6.45) is -0.271.